The van der Waals surface area contributed by atoms with Crippen LogP contribution in [0, 0.1) is 0 Å². The number of alkyl halides is 1. The number of aromatic nitrogens is 4. The third-order valence-corrected chi connectivity index (χ3v) is 5.22. The highest BCUT2D eigenvalue weighted by Crippen LogP contribution is 2.23. The van der Waals surface area contributed by atoms with Crippen LogP contribution in [0.3, 0.4) is 0 Å². The third kappa shape index (κ3) is 3.65. The lowest BCUT2D eigenvalue weighted by Crippen LogP contribution is -2.29. The summed E-state index contributed by atoms with van der Waals surface area (Å²) in [5.41, 5.74) is 0.640. The number of aromatic amines is 1. The molecular formula is C16H17ClN4O3S. The summed E-state index contributed by atoms with van der Waals surface area (Å²) in [7, 11) is 1.56. The van der Waals surface area contributed by atoms with Crippen molar-refractivity contribution >= 4 is 34.5 Å². The number of hydrogen-bond acceptors (Lipinski definition) is 5. The molecule has 3 rings (SSSR count). The van der Waals surface area contributed by atoms with Crippen LogP contribution < -0.4 is 11.2 Å². The fourth-order valence-electron chi connectivity index (χ4n) is 2.45. The molecule has 2 N–H and O–H groups in total. The Balaban J connectivity index is 2.14. The normalized spacial score (nSPS) is 12.6. The summed E-state index contributed by atoms with van der Waals surface area (Å²) in [6, 6.07) is 9.64. The summed E-state index contributed by atoms with van der Waals surface area (Å²) in [4.78, 5) is 31.0. The van der Waals surface area contributed by atoms with E-state index in [1.165, 1.54) is 16.3 Å². The number of aliphatic hydroxyl groups is 1. The number of thioether (sulfide) groups is 1. The maximum Gasteiger partial charge on any atom is 0.329 e. The Labute approximate surface area is 152 Å². The van der Waals surface area contributed by atoms with E-state index in [0.29, 0.717) is 28.6 Å². The molecule has 2 heterocycles. The number of H-pyrrole nitrogens is 1. The molecule has 0 amide bonds. The van der Waals surface area contributed by atoms with Gasteiger partial charge in [0.15, 0.2) is 16.3 Å². The lowest BCUT2D eigenvalue weighted by molar-refractivity contribution is 0.223. The number of imidazole rings is 1. The first-order valence-corrected chi connectivity index (χ1v) is 9.13. The molecule has 0 fully saturated rings. The minimum atomic E-state index is -0.682. The molecule has 25 heavy (non-hydrogen) atoms. The fraction of sp³-hybridized carbons (Fsp3) is 0.312. The minimum absolute atomic E-state index is 0.116. The second-order valence-corrected chi connectivity index (χ2v) is 6.87. The molecule has 132 valence electrons. The van der Waals surface area contributed by atoms with Crippen LogP contribution in [-0.4, -0.2) is 41.9 Å². The van der Waals surface area contributed by atoms with Crippen LogP contribution in [0.1, 0.15) is 5.56 Å². The Bertz CT molecular complexity index is 996. The first-order chi connectivity index (χ1) is 12.0. The van der Waals surface area contributed by atoms with Crippen molar-refractivity contribution in [2.45, 2.75) is 17.8 Å². The number of nitrogens with one attached hydrogen (secondary N) is 1. The van der Waals surface area contributed by atoms with E-state index in [0.717, 1.165) is 5.56 Å². The molecule has 0 radical (unpaired) electrons. The predicted molar refractivity (Wildman–Crippen MR) is 98.6 cm³/mol. The highest BCUT2D eigenvalue weighted by atomic mass is 35.5. The van der Waals surface area contributed by atoms with E-state index in [9.17, 15) is 14.7 Å². The van der Waals surface area contributed by atoms with Gasteiger partial charge in [-0.05, 0) is 5.56 Å². The number of aliphatic hydroxyl groups excluding tert-OH is 1. The number of halogens is 1. The van der Waals surface area contributed by atoms with Gasteiger partial charge >= 0.3 is 5.69 Å². The van der Waals surface area contributed by atoms with E-state index in [1.54, 1.807) is 11.6 Å². The van der Waals surface area contributed by atoms with E-state index >= 15 is 0 Å². The largest absolute Gasteiger partial charge is 0.391 e. The molecule has 0 spiro atoms. The maximum atomic E-state index is 12.4. The summed E-state index contributed by atoms with van der Waals surface area (Å²) in [6.45, 7) is 0.428. The van der Waals surface area contributed by atoms with Gasteiger partial charge in [-0.3, -0.25) is 14.3 Å². The van der Waals surface area contributed by atoms with E-state index in [2.05, 4.69) is 9.97 Å². The topological polar surface area (TPSA) is 92.9 Å². The molecule has 3 aromatic rings. The Morgan fingerprint density at radius 1 is 1.32 bits per heavy atom. The van der Waals surface area contributed by atoms with Crippen molar-refractivity contribution in [1.29, 1.82) is 0 Å². The highest BCUT2D eigenvalue weighted by Gasteiger charge is 2.18. The van der Waals surface area contributed by atoms with Gasteiger partial charge < -0.3 is 9.67 Å². The first-order valence-electron chi connectivity index (χ1n) is 7.61. The molecule has 0 aliphatic carbocycles. The van der Waals surface area contributed by atoms with Gasteiger partial charge in [0.2, 0.25) is 0 Å². The Morgan fingerprint density at radius 2 is 2.04 bits per heavy atom. The van der Waals surface area contributed by atoms with Gasteiger partial charge in [0, 0.05) is 18.7 Å². The lowest BCUT2D eigenvalue weighted by Gasteiger charge is -2.10. The van der Waals surface area contributed by atoms with Gasteiger partial charge in [0.25, 0.3) is 5.56 Å². The predicted octanol–water partition coefficient (Wildman–Crippen LogP) is 1.16. The van der Waals surface area contributed by atoms with Gasteiger partial charge in [0.1, 0.15) is 0 Å². The van der Waals surface area contributed by atoms with Crippen molar-refractivity contribution in [3.63, 3.8) is 0 Å². The quantitative estimate of drug-likeness (QED) is 0.494. The smallest absolute Gasteiger partial charge is 0.329 e. The van der Waals surface area contributed by atoms with E-state index in [-0.39, 0.29) is 5.88 Å². The molecule has 0 aliphatic rings. The zero-order chi connectivity index (χ0) is 18.0. The van der Waals surface area contributed by atoms with E-state index in [4.69, 9.17) is 11.6 Å². The van der Waals surface area contributed by atoms with Crippen LogP contribution in [0.4, 0.5) is 0 Å². The molecule has 0 saturated heterocycles. The summed E-state index contributed by atoms with van der Waals surface area (Å²) in [5.74, 6) is 0.457. The number of nitrogens with zero attached hydrogens (tertiary/aromatic N) is 3. The maximum absolute atomic E-state index is 12.4. The molecular weight excluding hydrogens is 364 g/mol. The summed E-state index contributed by atoms with van der Waals surface area (Å²) < 4.78 is 3.06. The van der Waals surface area contributed by atoms with Crippen molar-refractivity contribution in [3.05, 3.63) is 56.7 Å². The molecule has 1 aromatic carbocycles. The van der Waals surface area contributed by atoms with Crippen molar-refractivity contribution in [3.8, 4) is 0 Å². The molecule has 7 nitrogen and oxygen atoms in total. The highest BCUT2D eigenvalue weighted by molar-refractivity contribution is 7.99. The number of fused-ring (bicyclic) bond motifs is 1. The zero-order valence-electron chi connectivity index (χ0n) is 13.5. The number of aryl methyl sites for hydroxylation is 1. The fourth-order valence-corrected chi connectivity index (χ4v) is 3.61. The van der Waals surface area contributed by atoms with Crippen LogP contribution >= 0.6 is 23.4 Å². The average Bonchev–Trinajstić information content (AvgIpc) is 2.97. The summed E-state index contributed by atoms with van der Waals surface area (Å²) in [5, 5.41) is 10.3. The van der Waals surface area contributed by atoms with Crippen molar-refractivity contribution in [2.75, 3.05) is 11.6 Å². The Morgan fingerprint density at radius 3 is 2.72 bits per heavy atom. The van der Waals surface area contributed by atoms with Gasteiger partial charge in [0.05, 0.1) is 12.6 Å². The average molecular weight is 381 g/mol. The second kappa shape index (κ2) is 7.47. The van der Waals surface area contributed by atoms with Gasteiger partial charge in [-0.2, -0.15) is 0 Å². The summed E-state index contributed by atoms with van der Waals surface area (Å²) in [6.07, 6.45) is -0.682. The number of hydrogen-bond donors (Lipinski definition) is 2. The van der Waals surface area contributed by atoms with E-state index < -0.39 is 17.4 Å². The Kier molecular flexibility index (Phi) is 5.31. The molecule has 2 aromatic heterocycles. The number of rotatable bonds is 6. The van der Waals surface area contributed by atoms with Crippen molar-refractivity contribution in [2.24, 2.45) is 7.05 Å². The van der Waals surface area contributed by atoms with Crippen LogP contribution in [-0.2, 0) is 13.6 Å². The molecule has 0 saturated carbocycles. The van der Waals surface area contributed by atoms with Crippen LogP contribution in [0.25, 0.3) is 11.2 Å². The van der Waals surface area contributed by atoms with Gasteiger partial charge in [-0.25, -0.2) is 9.78 Å². The SMILES string of the molecule is Cn1c(=O)[nH]c(=O)c2c1nc(SC[C@@H](O)CCl)n2Cc1ccccc1. The zero-order valence-corrected chi connectivity index (χ0v) is 15.0. The third-order valence-electron chi connectivity index (χ3n) is 3.74. The molecule has 1 atom stereocenters. The lowest BCUT2D eigenvalue weighted by atomic mass is 10.2. The Hall–Kier alpha value is -2.03. The monoisotopic (exact) mass is 380 g/mol. The van der Waals surface area contributed by atoms with Crippen molar-refractivity contribution in [1.82, 2.24) is 19.1 Å². The molecule has 0 unspecified atom stereocenters. The second-order valence-electron chi connectivity index (χ2n) is 5.58. The molecule has 0 aliphatic heterocycles. The van der Waals surface area contributed by atoms with Crippen LogP contribution in [0.2, 0.25) is 0 Å². The van der Waals surface area contributed by atoms with Crippen LogP contribution in [0.5, 0.6) is 0 Å². The number of benzene rings is 1. The molecule has 0 bridgehead atoms. The summed E-state index contributed by atoms with van der Waals surface area (Å²) >= 11 is 6.94. The standard InChI is InChI=1S/C16H17ClN4O3S/c1-20-13-12(14(23)19-15(20)24)21(8-10-5-3-2-4-6-10)16(18-13)25-9-11(22)7-17/h2-6,11,22H,7-9H2,1H3,(H,19,23,24)/t11-/m0/s1. The van der Waals surface area contributed by atoms with Gasteiger partial charge in [-0.15, -0.1) is 11.6 Å². The molecule has 9 heteroatoms. The van der Waals surface area contributed by atoms with Crippen molar-refractivity contribution < 1.29 is 5.11 Å². The van der Waals surface area contributed by atoms with Gasteiger partial charge in [-0.1, -0.05) is 42.1 Å². The first kappa shape index (κ1) is 17.8. The van der Waals surface area contributed by atoms with E-state index in [1.807, 2.05) is 30.3 Å². The minimum Gasteiger partial charge on any atom is -0.391 e. The van der Waals surface area contributed by atoms with Crippen LogP contribution in [0.15, 0.2) is 45.1 Å².